The van der Waals surface area contributed by atoms with E-state index in [1.54, 1.807) is 0 Å². The molecule has 1 aliphatic rings. The second kappa shape index (κ2) is 8.23. The minimum absolute atomic E-state index is 0.423. The van der Waals surface area contributed by atoms with Crippen LogP contribution in [-0.2, 0) is 0 Å². The quantitative estimate of drug-likeness (QED) is 0.662. The Morgan fingerprint density at radius 3 is 2.37 bits per heavy atom. The van der Waals surface area contributed by atoms with Crippen LogP contribution in [0, 0.1) is 11.3 Å². The Hall–Kier alpha value is -0.120. The average Bonchev–Trinajstić information content (AvgIpc) is 2.34. The van der Waals surface area contributed by atoms with Crippen LogP contribution in [0.1, 0.15) is 47.5 Å². The van der Waals surface area contributed by atoms with Crippen LogP contribution in [0.4, 0.5) is 0 Å². The summed E-state index contributed by atoms with van der Waals surface area (Å²) < 4.78 is 0. The van der Waals surface area contributed by atoms with E-state index >= 15 is 0 Å². The third-order valence-corrected chi connectivity index (χ3v) is 4.08. The molecule has 3 heteroatoms. The Morgan fingerprint density at radius 1 is 1.16 bits per heavy atom. The fraction of sp³-hybridized carbons (Fsp3) is 1.00. The maximum absolute atomic E-state index is 3.66. The van der Waals surface area contributed by atoms with Gasteiger partial charge in [0, 0.05) is 38.8 Å². The molecule has 19 heavy (non-hydrogen) atoms. The molecule has 1 atom stereocenters. The molecular weight excluding hydrogens is 234 g/mol. The average molecular weight is 269 g/mol. The maximum atomic E-state index is 3.66. The molecule has 3 nitrogen and oxygen atoms in total. The molecule has 0 saturated carbocycles. The first-order valence-corrected chi connectivity index (χ1v) is 8.06. The minimum atomic E-state index is 0.423. The van der Waals surface area contributed by atoms with Gasteiger partial charge in [0.05, 0.1) is 0 Å². The van der Waals surface area contributed by atoms with Crippen molar-refractivity contribution in [2.45, 2.75) is 53.5 Å². The van der Waals surface area contributed by atoms with E-state index in [0.717, 1.165) is 32.1 Å². The zero-order valence-corrected chi connectivity index (χ0v) is 13.8. The van der Waals surface area contributed by atoms with E-state index in [4.69, 9.17) is 0 Å². The number of nitrogens with zero attached hydrogens (tertiary/aromatic N) is 1. The van der Waals surface area contributed by atoms with E-state index in [1.165, 1.54) is 25.9 Å². The number of nitrogens with one attached hydrogen (secondary N) is 2. The molecule has 0 radical (unpaired) electrons. The van der Waals surface area contributed by atoms with Gasteiger partial charge in [0.15, 0.2) is 0 Å². The topological polar surface area (TPSA) is 27.3 Å². The highest BCUT2D eigenvalue weighted by molar-refractivity contribution is 4.76. The summed E-state index contributed by atoms with van der Waals surface area (Å²) in [6, 6.07) is 0.711. The number of piperazine rings is 1. The summed E-state index contributed by atoms with van der Waals surface area (Å²) in [7, 11) is 0. The lowest BCUT2D eigenvalue weighted by atomic mass is 9.84. The Morgan fingerprint density at radius 2 is 1.79 bits per heavy atom. The zero-order valence-electron chi connectivity index (χ0n) is 13.8. The van der Waals surface area contributed by atoms with Crippen LogP contribution < -0.4 is 10.6 Å². The van der Waals surface area contributed by atoms with Crippen LogP contribution in [0.25, 0.3) is 0 Å². The molecule has 1 saturated heterocycles. The van der Waals surface area contributed by atoms with Gasteiger partial charge in [-0.15, -0.1) is 0 Å². The molecule has 114 valence electrons. The van der Waals surface area contributed by atoms with Gasteiger partial charge in [0.2, 0.25) is 0 Å². The second-order valence-corrected chi connectivity index (χ2v) is 7.36. The predicted octanol–water partition coefficient (Wildman–Crippen LogP) is 2.33. The summed E-state index contributed by atoms with van der Waals surface area (Å²) >= 11 is 0. The highest BCUT2D eigenvalue weighted by Gasteiger charge is 2.19. The molecule has 1 heterocycles. The Kier molecular flexibility index (Phi) is 7.33. The van der Waals surface area contributed by atoms with Crippen LogP contribution in [0.2, 0.25) is 0 Å². The molecule has 0 spiro atoms. The van der Waals surface area contributed by atoms with Crippen molar-refractivity contribution in [2.24, 2.45) is 11.3 Å². The van der Waals surface area contributed by atoms with Crippen LogP contribution >= 0.6 is 0 Å². The molecule has 0 aliphatic carbocycles. The summed E-state index contributed by atoms with van der Waals surface area (Å²) in [5.74, 6) is 0.788. The molecule has 1 unspecified atom stereocenters. The highest BCUT2D eigenvalue weighted by atomic mass is 15.2. The van der Waals surface area contributed by atoms with Crippen LogP contribution in [-0.4, -0.2) is 50.2 Å². The Labute approximate surface area is 120 Å². The Balaban J connectivity index is 2.12. The van der Waals surface area contributed by atoms with Crippen molar-refractivity contribution >= 4 is 0 Å². The van der Waals surface area contributed by atoms with Gasteiger partial charge in [-0.05, 0) is 37.6 Å². The van der Waals surface area contributed by atoms with Gasteiger partial charge in [-0.1, -0.05) is 27.7 Å². The molecule has 0 amide bonds. The van der Waals surface area contributed by atoms with Crippen molar-refractivity contribution in [2.75, 3.05) is 39.3 Å². The monoisotopic (exact) mass is 269 g/mol. The van der Waals surface area contributed by atoms with Crippen LogP contribution in [0.5, 0.6) is 0 Å². The third-order valence-electron chi connectivity index (χ3n) is 4.08. The van der Waals surface area contributed by atoms with E-state index in [0.29, 0.717) is 11.5 Å². The summed E-state index contributed by atoms with van der Waals surface area (Å²) in [6.45, 7) is 18.7. The normalized spacial score (nSPS) is 19.9. The summed E-state index contributed by atoms with van der Waals surface area (Å²) in [5.41, 5.74) is 0.423. The number of rotatable bonds is 8. The first-order valence-electron chi connectivity index (χ1n) is 8.06. The summed E-state index contributed by atoms with van der Waals surface area (Å²) in [6.07, 6.45) is 2.56. The summed E-state index contributed by atoms with van der Waals surface area (Å²) in [4.78, 5) is 2.61. The molecule has 1 fully saturated rings. The number of hydrogen-bond donors (Lipinski definition) is 2. The molecular formula is C16H35N3. The molecule has 0 aromatic carbocycles. The zero-order chi connectivity index (χ0) is 14.3. The van der Waals surface area contributed by atoms with Crippen LogP contribution in [0.3, 0.4) is 0 Å². The van der Waals surface area contributed by atoms with Crippen molar-refractivity contribution < 1.29 is 0 Å². The largest absolute Gasteiger partial charge is 0.316 e. The minimum Gasteiger partial charge on any atom is -0.316 e. The van der Waals surface area contributed by atoms with Gasteiger partial charge < -0.3 is 10.6 Å². The maximum Gasteiger partial charge on any atom is 0.0110 e. The SMILES string of the molecule is CC(C)CC(C)(C)CNCCC(C)N1CCNCC1. The molecule has 0 aromatic heterocycles. The molecule has 1 aliphatic heterocycles. The van der Waals surface area contributed by atoms with Crippen molar-refractivity contribution in [3.8, 4) is 0 Å². The van der Waals surface area contributed by atoms with Gasteiger partial charge in [-0.3, -0.25) is 4.90 Å². The van der Waals surface area contributed by atoms with Gasteiger partial charge in [-0.2, -0.15) is 0 Å². The second-order valence-electron chi connectivity index (χ2n) is 7.36. The predicted molar refractivity (Wildman–Crippen MR) is 84.6 cm³/mol. The van der Waals surface area contributed by atoms with Crippen molar-refractivity contribution in [1.29, 1.82) is 0 Å². The van der Waals surface area contributed by atoms with E-state index in [9.17, 15) is 0 Å². The van der Waals surface area contributed by atoms with Crippen molar-refractivity contribution in [1.82, 2.24) is 15.5 Å². The van der Waals surface area contributed by atoms with Gasteiger partial charge in [-0.25, -0.2) is 0 Å². The van der Waals surface area contributed by atoms with E-state index in [2.05, 4.69) is 50.2 Å². The van der Waals surface area contributed by atoms with E-state index in [1.807, 2.05) is 0 Å². The third kappa shape index (κ3) is 7.28. The highest BCUT2D eigenvalue weighted by Crippen LogP contribution is 2.24. The molecule has 0 aromatic rings. The first-order chi connectivity index (χ1) is 8.91. The van der Waals surface area contributed by atoms with Crippen molar-refractivity contribution in [3.63, 3.8) is 0 Å². The van der Waals surface area contributed by atoms with Crippen molar-refractivity contribution in [3.05, 3.63) is 0 Å². The standard InChI is InChI=1S/C16H35N3/c1-14(2)12-16(4,5)13-18-7-6-15(3)19-10-8-17-9-11-19/h14-15,17-18H,6-13H2,1-5H3. The van der Waals surface area contributed by atoms with E-state index in [-0.39, 0.29) is 0 Å². The lowest BCUT2D eigenvalue weighted by Gasteiger charge is -2.33. The number of hydrogen-bond acceptors (Lipinski definition) is 3. The Bertz CT molecular complexity index is 232. The fourth-order valence-electron chi connectivity index (χ4n) is 3.22. The summed E-state index contributed by atoms with van der Waals surface area (Å²) in [5, 5.41) is 7.08. The lowest BCUT2D eigenvalue weighted by Crippen LogP contribution is -2.48. The smallest absolute Gasteiger partial charge is 0.0110 e. The first kappa shape index (κ1) is 16.9. The van der Waals surface area contributed by atoms with Crippen LogP contribution in [0.15, 0.2) is 0 Å². The molecule has 0 bridgehead atoms. The van der Waals surface area contributed by atoms with E-state index < -0.39 is 0 Å². The van der Waals surface area contributed by atoms with Gasteiger partial charge >= 0.3 is 0 Å². The van der Waals surface area contributed by atoms with Gasteiger partial charge in [0.1, 0.15) is 0 Å². The molecule has 1 rings (SSSR count). The molecule has 2 N–H and O–H groups in total. The lowest BCUT2D eigenvalue weighted by molar-refractivity contribution is 0.174. The fourth-order valence-corrected chi connectivity index (χ4v) is 3.22. The van der Waals surface area contributed by atoms with Gasteiger partial charge in [0.25, 0.3) is 0 Å².